The highest BCUT2D eigenvalue weighted by molar-refractivity contribution is 7.89. The predicted octanol–water partition coefficient (Wildman–Crippen LogP) is 2.87. The number of hydrogen-bond donors (Lipinski definition) is 3. The van der Waals surface area contributed by atoms with Crippen LogP contribution >= 0.6 is 0 Å². The molecule has 2 aromatic carbocycles. The average molecular weight is 525 g/mol. The van der Waals surface area contributed by atoms with Gasteiger partial charge in [0.2, 0.25) is 10.0 Å². The van der Waals surface area contributed by atoms with Gasteiger partial charge in [-0.25, -0.2) is 8.42 Å². The molecular weight excluding hydrogens is 496 g/mol. The van der Waals surface area contributed by atoms with Crippen molar-refractivity contribution in [1.82, 2.24) is 14.9 Å². The Labute approximate surface area is 215 Å². The summed E-state index contributed by atoms with van der Waals surface area (Å²) in [6.07, 6.45) is 4.14. The molecule has 1 aliphatic rings. The van der Waals surface area contributed by atoms with E-state index in [4.69, 9.17) is 4.42 Å². The fraction of sp³-hybridized carbons (Fsp3) is 0.269. The first-order valence-corrected chi connectivity index (χ1v) is 13.4. The molecule has 0 aliphatic carbocycles. The number of anilines is 1. The third kappa shape index (κ3) is 6.63. The topological polar surface area (TPSA) is 138 Å². The summed E-state index contributed by atoms with van der Waals surface area (Å²) in [6.45, 7) is 1.49. The van der Waals surface area contributed by atoms with E-state index in [1.54, 1.807) is 36.4 Å². The van der Waals surface area contributed by atoms with E-state index >= 15 is 0 Å². The zero-order valence-corrected chi connectivity index (χ0v) is 20.9. The van der Waals surface area contributed by atoms with E-state index in [1.165, 1.54) is 34.8 Å². The van der Waals surface area contributed by atoms with E-state index in [0.717, 1.165) is 19.3 Å². The van der Waals surface area contributed by atoms with Crippen molar-refractivity contribution >= 4 is 33.4 Å². The number of nitrogens with one attached hydrogen (secondary N) is 3. The lowest BCUT2D eigenvalue weighted by Crippen LogP contribution is -2.35. The van der Waals surface area contributed by atoms with Gasteiger partial charge in [0.05, 0.1) is 11.2 Å². The fourth-order valence-electron chi connectivity index (χ4n) is 3.89. The van der Waals surface area contributed by atoms with Crippen LogP contribution in [0.5, 0.6) is 0 Å². The smallest absolute Gasteiger partial charge is 0.287 e. The molecule has 1 fully saturated rings. The number of hydrogen-bond acceptors (Lipinski definition) is 6. The fourth-order valence-corrected chi connectivity index (χ4v) is 5.41. The van der Waals surface area contributed by atoms with E-state index in [0.29, 0.717) is 29.9 Å². The second-order valence-corrected chi connectivity index (χ2v) is 10.4. The molecule has 0 radical (unpaired) electrons. The zero-order chi connectivity index (χ0) is 26.3. The number of amides is 3. The Morgan fingerprint density at radius 3 is 1.97 bits per heavy atom. The maximum Gasteiger partial charge on any atom is 0.287 e. The number of furan rings is 1. The normalized spacial score (nSPS) is 14.1. The molecule has 0 atom stereocenters. The molecule has 0 spiro atoms. The summed E-state index contributed by atoms with van der Waals surface area (Å²) in [5, 5.41) is 8.08. The third-order valence-corrected chi connectivity index (χ3v) is 7.83. The summed E-state index contributed by atoms with van der Waals surface area (Å²) < 4.78 is 32.0. The molecule has 2 heterocycles. The highest BCUT2D eigenvalue weighted by Gasteiger charge is 2.26. The third-order valence-electron chi connectivity index (χ3n) is 5.92. The van der Waals surface area contributed by atoms with Crippen LogP contribution in [0.4, 0.5) is 5.69 Å². The van der Waals surface area contributed by atoms with Crippen LogP contribution in [0.3, 0.4) is 0 Å². The maximum absolute atomic E-state index is 12.8. The largest absolute Gasteiger partial charge is 0.459 e. The molecular formula is C26H28N4O6S. The van der Waals surface area contributed by atoms with Crippen LogP contribution in [0.15, 0.2) is 76.2 Å². The Morgan fingerprint density at radius 1 is 0.757 bits per heavy atom. The first-order chi connectivity index (χ1) is 17.8. The molecule has 3 N–H and O–H groups in total. The van der Waals surface area contributed by atoms with Gasteiger partial charge in [0.25, 0.3) is 17.7 Å². The van der Waals surface area contributed by atoms with Gasteiger partial charge in [-0.05, 0) is 73.5 Å². The molecule has 1 aromatic heterocycles. The second-order valence-electron chi connectivity index (χ2n) is 8.51. The van der Waals surface area contributed by atoms with Gasteiger partial charge in [-0.1, -0.05) is 6.42 Å². The molecule has 4 rings (SSSR count). The van der Waals surface area contributed by atoms with Crippen LogP contribution in [0.2, 0.25) is 0 Å². The number of benzene rings is 2. The molecule has 0 bridgehead atoms. The summed E-state index contributed by atoms with van der Waals surface area (Å²) in [4.78, 5) is 36.9. The number of nitrogens with zero attached hydrogens (tertiary/aromatic N) is 1. The molecule has 3 amide bonds. The van der Waals surface area contributed by atoms with Gasteiger partial charge in [-0.2, -0.15) is 4.31 Å². The highest BCUT2D eigenvalue weighted by Crippen LogP contribution is 2.21. The van der Waals surface area contributed by atoms with Crippen molar-refractivity contribution in [2.45, 2.75) is 24.2 Å². The molecule has 1 saturated heterocycles. The van der Waals surface area contributed by atoms with Gasteiger partial charge >= 0.3 is 0 Å². The number of carbonyl (C=O) groups excluding carboxylic acids is 3. The summed E-state index contributed by atoms with van der Waals surface area (Å²) >= 11 is 0. The predicted molar refractivity (Wildman–Crippen MR) is 137 cm³/mol. The molecule has 3 aromatic rings. The van der Waals surface area contributed by atoms with Crippen molar-refractivity contribution in [3.63, 3.8) is 0 Å². The summed E-state index contributed by atoms with van der Waals surface area (Å²) in [5.41, 5.74) is 1.19. The number of sulfonamides is 1. The standard InChI is InChI=1S/C26H28N4O6S/c31-24(27-14-15-28-26(33)23-5-4-18-36-23)19-6-10-21(11-7-19)29-25(32)20-8-12-22(13-9-20)37(34,35)30-16-2-1-3-17-30/h4-13,18H,1-3,14-17H2,(H,27,31)(H,28,33)(H,29,32). The Balaban J connectivity index is 1.26. The van der Waals surface area contributed by atoms with Gasteiger partial charge in [0.15, 0.2) is 5.76 Å². The maximum atomic E-state index is 12.8. The van der Waals surface area contributed by atoms with Crippen molar-refractivity contribution in [2.75, 3.05) is 31.5 Å². The van der Waals surface area contributed by atoms with Crippen LogP contribution in [0, 0.1) is 0 Å². The molecule has 1 aliphatic heterocycles. The second kappa shape index (κ2) is 11.8. The molecule has 0 saturated carbocycles. The molecule has 37 heavy (non-hydrogen) atoms. The lowest BCUT2D eigenvalue weighted by atomic mass is 10.1. The van der Waals surface area contributed by atoms with Crippen LogP contribution in [-0.2, 0) is 10.0 Å². The average Bonchev–Trinajstić information content (AvgIpc) is 3.47. The van der Waals surface area contributed by atoms with E-state index in [9.17, 15) is 22.8 Å². The van der Waals surface area contributed by atoms with Gasteiger partial charge in [-0.3, -0.25) is 14.4 Å². The van der Waals surface area contributed by atoms with E-state index in [2.05, 4.69) is 16.0 Å². The molecule has 11 heteroatoms. The van der Waals surface area contributed by atoms with Gasteiger partial charge < -0.3 is 20.4 Å². The summed E-state index contributed by atoms with van der Waals surface area (Å²) in [7, 11) is -3.56. The first-order valence-electron chi connectivity index (χ1n) is 12.0. The quantitative estimate of drug-likeness (QED) is 0.368. The van der Waals surface area contributed by atoms with Crippen LogP contribution in [0.1, 0.15) is 50.5 Å². The SMILES string of the molecule is O=C(NCCNC(=O)c1ccco1)c1ccc(NC(=O)c2ccc(S(=O)(=O)N3CCCCC3)cc2)cc1. The Morgan fingerprint density at radius 2 is 1.35 bits per heavy atom. The van der Waals surface area contributed by atoms with Crippen molar-refractivity contribution in [2.24, 2.45) is 0 Å². The van der Waals surface area contributed by atoms with E-state index in [-0.39, 0.29) is 35.6 Å². The Kier molecular flexibility index (Phi) is 8.36. The summed E-state index contributed by atoms with van der Waals surface area (Å²) in [5.74, 6) is -0.887. The van der Waals surface area contributed by atoms with Gasteiger partial charge in [-0.15, -0.1) is 0 Å². The lowest BCUT2D eigenvalue weighted by Gasteiger charge is -2.25. The monoisotopic (exact) mass is 524 g/mol. The van der Waals surface area contributed by atoms with E-state index < -0.39 is 15.9 Å². The van der Waals surface area contributed by atoms with Crippen molar-refractivity contribution < 1.29 is 27.2 Å². The zero-order valence-electron chi connectivity index (χ0n) is 20.1. The number of piperidine rings is 1. The highest BCUT2D eigenvalue weighted by atomic mass is 32.2. The minimum Gasteiger partial charge on any atom is -0.459 e. The molecule has 0 unspecified atom stereocenters. The van der Waals surface area contributed by atoms with Crippen LogP contribution in [-0.4, -0.2) is 56.6 Å². The van der Waals surface area contributed by atoms with Crippen molar-refractivity contribution in [1.29, 1.82) is 0 Å². The lowest BCUT2D eigenvalue weighted by molar-refractivity contribution is 0.0910. The Bertz CT molecular complexity index is 1330. The van der Waals surface area contributed by atoms with Crippen LogP contribution < -0.4 is 16.0 Å². The summed E-state index contributed by atoms with van der Waals surface area (Å²) in [6, 6.07) is 15.4. The van der Waals surface area contributed by atoms with Crippen LogP contribution in [0.25, 0.3) is 0 Å². The number of carbonyl (C=O) groups is 3. The Hall–Kier alpha value is -3.96. The first kappa shape index (κ1) is 26.1. The number of rotatable bonds is 9. The van der Waals surface area contributed by atoms with Crippen molar-refractivity contribution in [3.8, 4) is 0 Å². The van der Waals surface area contributed by atoms with Gasteiger partial charge in [0.1, 0.15) is 0 Å². The van der Waals surface area contributed by atoms with Crippen molar-refractivity contribution in [3.05, 3.63) is 83.8 Å². The minimum absolute atomic E-state index is 0.168. The minimum atomic E-state index is -3.56. The van der Waals surface area contributed by atoms with Gasteiger partial charge in [0, 0.05) is 43.0 Å². The molecule has 10 nitrogen and oxygen atoms in total. The van der Waals surface area contributed by atoms with E-state index in [1.807, 2.05) is 0 Å². The molecule has 194 valence electrons.